The molecule has 0 bridgehead atoms. The third kappa shape index (κ3) is 3.94. The Labute approximate surface area is 97.7 Å². The van der Waals surface area contributed by atoms with Crippen LogP contribution >= 0.6 is 0 Å². The van der Waals surface area contributed by atoms with Gasteiger partial charge >= 0.3 is 0 Å². The summed E-state index contributed by atoms with van der Waals surface area (Å²) in [5, 5.41) is 12.4. The molecule has 0 saturated carbocycles. The number of nitrogens with zero attached hydrogens (tertiary/aromatic N) is 2. The molecule has 0 amide bonds. The summed E-state index contributed by atoms with van der Waals surface area (Å²) < 4.78 is 2.18. The lowest BCUT2D eigenvalue weighted by atomic mass is 10.1. The molecular formula is C12H23N3O. The molecule has 1 rings (SSSR count). The highest BCUT2D eigenvalue weighted by Crippen LogP contribution is 2.03. The summed E-state index contributed by atoms with van der Waals surface area (Å²) in [5.74, 6) is 0. The van der Waals surface area contributed by atoms with Crippen LogP contribution < -0.4 is 5.32 Å². The quantitative estimate of drug-likeness (QED) is 0.705. The van der Waals surface area contributed by atoms with Crippen LogP contribution in [-0.2, 0) is 13.1 Å². The number of nitrogens with one attached hydrogen (secondary N) is 1. The van der Waals surface area contributed by atoms with E-state index in [-0.39, 0.29) is 6.61 Å². The predicted molar refractivity (Wildman–Crippen MR) is 65.1 cm³/mol. The number of aromatic nitrogens is 2. The average molecular weight is 225 g/mol. The minimum Gasteiger partial charge on any atom is -0.396 e. The standard InChI is InChI=1S/C12H23N3O/c1-3-6-15-10-13-8-12(15)9-14-11(4-2)5-7-16/h8,10-11,14,16H,3-7,9H2,1-2H3. The molecule has 1 heterocycles. The summed E-state index contributed by atoms with van der Waals surface area (Å²) in [6.45, 7) is 6.40. The van der Waals surface area contributed by atoms with Crippen molar-refractivity contribution in [3.05, 3.63) is 18.2 Å². The summed E-state index contributed by atoms with van der Waals surface area (Å²) in [6.07, 6.45) is 6.78. The first-order valence-corrected chi connectivity index (χ1v) is 6.15. The maximum Gasteiger partial charge on any atom is 0.0948 e. The van der Waals surface area contributed by atoms with Gasteiger partial charge in [0.05, 0.1) is 12.0 Å². The zero-order chi connectivity index (χ0) is 11.8. The van der Waals surface area contributed by atoms with Gasteiger partial charge in [0.2, 0.25) is 0 Å². The van der Waals surface area contributed by atoms with Gasteiger partial charge in [0.15, 0.2) is 0 Å². The molecule has 1 atom stereocenters. The summed E-state index contributed by atoms with van der Waals surface area (Å²) in [4.78, 5) is 4.16. The molecule has 1 aromatic heterocycles. The van der Waals surface area contributed by atoms with Crippen molar-refractivity contribution in [1.82, 2.24) is 14.9 Å². The Kier molecular flexibility index (Phi) is 6.11. The fourth-order valence-corrected chi connectivity index (χ4v) is 1.79. The van der Waals surface area contributed by atoms with Crippen LogP contribution in [0.5, 0.6) is 0 Å². The lowest BCUT2D eigenvalue weighted by Gasteiger charge is -2.16. The topological polar surface area (TPSA) is 50.1 Å². The molecule has 0 aliphatic carbocycles. The molecule has 0 aliphatic rings. The van der Waals surface area contributed by atoms with Gasteiger partial charge in [0.1, 0.15) is 0 Å². The van der Waals surface area contributed by atoms with Crippen LogP contribution in [0.2, 0.25) is 0 Å². The van der Waals surface area contributed by atoms with Gasteiger partial charge in [-0.25, -0.2) is 4.98 Å². The van der Waals surface area contributed by atoms with Crippen molar-refractivity contribution >= 4 is 0 Å². The normalized spacial score (nSPS) is 12.9. The van der Waals surface area contributed by atoms with Crippen molar-refractivity contribution in [3.8, 4) is 0 Å². The van der Waals surface area contributed by atoms with Crippen molar-refractivity contribution in [3.63, 3.8) is 0 Å². The van der Waals surface area contributed by atoms with Gasteiger partial charge in [-0.2, -0.15) is 0 Å². The summed E-state index contributed by atoms with van der Waals surface area (Å²) in [5.41, 5.74) is 1.22. The zero-order valence-electron chi connectivity index (χ0n) is 10.3. The van der Waals surface area contributed by atoms with E-state index in [0.717, 1.165) is 32.4 Å². The average Bonchev–Trinajstić information content (AvgIpc) is 2.72. The van der Waals surface area contributed by atoms with E-state index in [4.69, 9.17) is 5.11 Å². The van der Waals surface area contributed by atoms with Gasteiger partial charge in [-0.05, 0) is 19.3 Å². The Morgan fingerprint density at radius 3 is 2.94 bits per heavy atom. The largest absolute Gasteiger partial charge is 0.396 e. The molecule has 0 fully saturated rings. The highest BCUT2D eigenvalue weighted by molar-refractivity contribution is 4.98. The molecule has 0 aromatic carbocycles. The fourth-order valence-electron chi connectivity index (χ4n) is 1.79. The lowest BCUT2D eigenvalue weighted by molar-refractivity contribution is 0.261. The summed E-state index contributed by atoms with van der Waals surface area (Å²) in [7, 11) is 0. The molecular weight excluding hydrogens is 202 g/mol. The second-order valence-electron chi connectivity index (χ2n) is 4.08. The lowest BCUT2D eigenvalue weighted by Crippen LogP contribution is -2.29. The Bertz CT molecular complexity index is 286. The van der Waals surface area contributed by atoms with E-state index in [1.54, 1.807) is 0 Å². The molecule has 92 valence electrons. The molecule has 4 nitrogen and oxygen atoms in total. The second kappa shape index (κ2) is 7.41. The molecule has 0 radical (unpaired) electrons. The van der Waals surface area contributed by atoms with E-state index in [0.29, 0.717) is 6.04 Å². The van der Waals surface area contributed by atoms with Crippen molar-refractivity contribution in [2.75, 3.05) is 6.61 Å². The first-order chi connectivity index (χ1) is 7.81. The van der Waals surface area contributed by atoms with Gasteiger partial charge in [0, 0.05) is 31.9 Å². The fraction of sp³-hybridized carbons (Fsp3) is 0.750. The zero-order valence-corrected chi connectivity index (χ0v) is 10.3. The number of aliphatic hydroxyl groups is 1. The van der Waals surface area contributed by atoms with Gasteiger partial charge in [-0.15, -0.1) is 0 Å². The van der Waals surface area contributed by atoms with Crippen molar-refractivity contribution in [2.45, 2.75) is 52.2 Å². The number of rotatable bonds is 8. The minimum absolute atomic E-state index is 0.250. The Balaban J connectivity index is 2.43. The van der Waals surface area contributed by atoms with Crippen LogP contribution in [-0.4, -0.2) is 27.3 Å². The first-order valence-electron chi connectivity index (χ1n) is 6.15. The van der Waals surface area contributed by atoms with Crippen LogP contribution in [0.4, 0.5) is 0 Å². The number of aliphatic hydroxyl groups excluding tert-OH is 1. The first kappa shape index (κ1) is 13.2. The molecule has 4 heteroatoms. The van der Waals surface area contributed by atoms with E-state index in [2.05, 4.69) is 28.7 Å². The van der Waals surface area contributed by atoms with Crippen molar-refractivity contribution < 1.29 is 5.11 Å². The molecule has 0 spiro atoms. The number of aryl methyl sites for hydroxylation is 1. The van der Waals surface area contributed by atoms with Crippen molar-refractivity contribution in [1.29, 1.82) is 0 Å². The van der Waals surface area contributed by atoms with Crippen molar-refractivity contribution in [2.24, 2.45) is 0 Å². The summed E-state index contributed by atoms with van der Waals surface area (Å²) >= 11 is 0. The minimum atomic E-state index is 0.250. The second-order valence-corrected chi connectivity index (χ2v) is 4.08. The Hall–Kier alpha value is -0.870. The molecule has 0 saturated heterocycles. The third-order valence-corrected chi connectivity index (χ3v) is 2.81. The van der Waals surface area contributed by atoms with Gasteiger partial charge < -0.3 is 15.0 Å². The number of imidazole rings is 1. The highest BCUT2D eigenvalue weighted by atomic mass is 16.3. The van der Waals surface area contributed by atoms with E-state index in [9.17, 15) is 0 Å². The molecule has 1 aromatic rings. The monoisotopic (exact) mass is 225 g/mol. The summed E-state index contributed by atoms with van der Waals surface area (Å²) in [6, 6.07) is 0.398. The van der Waals surface area contributed by atoms with Crippen LogP contribution in [0, 0.1) is 0 Å². The highest BCUT2D eigenvalue weighted by Gasteiger charge is 2.06. The molecule has 2 N–H and O–H groups in total. The Morgan fingerprint density at radius 1 is 1.50 bits per heavy atom. The number of hydrogen-bond donors (Lipinski definition) is 2. The Morgan fingerprint density at radius 2 is 2.31 bits per heavy atom. The van der Waals surface area contributed by atoms with Gasteiger partial charge in [-0.3, -0.25) is 0 Å². The van der Waals surface area contributed by atoms with Crippen LogP contribution in [0.1, 0.15) is 38.8 Å². The smallest absolute Gasteiger partial charge is 0.0948 e. The van der Waals surface area contributed by atoms with Gasteiger partial charge in [-0.1, -0.05) is 13.8 Å². The van der Waals surface area contributed by atoms with E-state index in [1.807, 2.05) is 12.5 Å². The maximum absolute atomic E-state index is 8.91. The van der Waals surface area contributed by atoms with E-state index < -0.39 is 0 Å². The molecule has 1 unspecified atom stereocenters. The van der Waals surface area contributed by atoms with Gasteiger partial charge in [0.25, 0.3) is 0 Å². The maximum atomic E-state index is 8.91. The molecule has 0 aliphatic heterocycles. The van der Waals surface area contributed by atoms with Crippen LogP contribution in [0.3, 0.4) is 0 Å². The van der Waals surface area contributed by atoms with Crippen LogP contribution in [0.15, 0.2) is 12.5 Å². The van der Waals surface area contributed by atoms with E-state index >= 15 is 0 Å². The molecule has 16 heavy (non-hydrogen) atoms. The van der Waals surface area contributed by atoms with E-state index in [1.165, 1.54) is 5.69 Å². The van der Waals surface area contributed by atoms with Crippen LogP contribution in [0.25, 0.3) is 0 Å². The third-order valence-electron chi connectivity index (χ3n) is 2.81. The predicted octanol–water partition coefficient (Wildman–Crippen LogP) is 1.54. The SMILES string of the molecule is CCCn1cncc1CNC(CC)CCO. The number of hydrogen-bond acceptors (Lipinski definition) is 3.